The number of nitrogens with zero attached hydrogens (tertiary/aromatic N) is 3. The maximum absolute atomic E-state index is 13.8. The molecule has 0 bridgehead atoms. The van der Waals surface area contributed by atoms with Gasteiger partial charge in [0.1, 0.15) is 28.8 Å². The van der Waals surface area contributed by atoms with Gasteiger partial charge in [0.25, 0.3) is 0 Å². The lowest BCUT2D eigenvalue weighted by Gasteiger charge is -2.24. The van der Waals surface area contributed by atoms with Crippen molar-refractivity contribution in [1.29, 1.82) is 0 Å². The Morgan fingerprint density at radius 3 is 1.79 bits per heavy atom. The van der Waals surface area contributed by atoms with Gasteiger partial charge in [0.15, 0.2) is 0 Å². The molecule has 0 spiro atoms. The molecule has 0 N–H and O–H groups in total. The van der Waals surface area contributed by atoms with Crippen LogP contribution in [0.1, 0.15) is 17.0 Å². The highest BCUT2D eigenvalue weighted by Crippen LogP contribution is 2.31. The van der Waals surface area contributed by atoms with E-state index in [0.29, 0.717) is 44.7 Å². The molecule has 0 saturated carbocycles. The fourth-order valence-electron chi connectivity index (χ4n) is 3.87. The predicted molar refractivity (Wildman–Crippen MR) is 146 cm³/mol. The second-order valence-electron chi connectivity index (χ2n) is 8.39. The predicted octanol–water partition coefficient (Wildman–Crippen LogP) is 4.96. The molecule has 1 heterocycles. The van der Waals surface area contributed by atoms with E-state index in [0.717, 1.165) is 0 Å². The molecule has 4 aromatic rings. The quantitative estimate of drug-likeness (QED) is 0.232. The number of hydrogen-bond donors (Lipinski definition) is 0. The van der Waals surface area contributed by atoms with Gasteiger partial charge in [-0.3, -0.25) is 0 Å². The van der Waals surface area contributed by atoms with Crippen molar-refractivity contribution in [2.45, 2.75) is 18.8 Å². The Morgan fingerprint density at radius 1 is 0.769 bits per heavy atom. The minimum atomic E-state index is -3.99. The molecule has 206 valence electrons. The van der Waals surface area contributed by atoms with Gasteiger partial charge < -0.3 is 23.4 Å². The molecular formula is C27H28ClN3O7S. The SMILES string of the molecule is COc1ccc(CN(Cc2ccc(OC)cc2OC)S(=O)(=O)Cc2nnc(-c3ccc(Cl)cc3)o2)c(OC)c1. The molecule has 12 heteroatoms. The third kappa shape index (κ3) is 6.80. The van der Waals surface area contributed by atoms with Gasteiger partial charge in [-0.2, -0.15) is 4.31 Å². The molecule has 0 atom stereocenters. The van der Waals surface area contributed by atoms with Gasteiger partial charge in [-0.1, -0.05) is 23.7 Å². The first-order chi connectivity index (χ1) is 18.8. The molecule has 0 aliphatic rings. The lowest BCUT2D eigenvalue weighted by Crippen LogP contribution is -2.31. The molecule has 4 rings (SSSR count). The average molecular weight is 574 g/mol. The molecule has 0 saturated heterocycles. The van der Waals surface area contributed by atoms with Crippen LogP contribution in [0.15, 0.2) is 65.1 Å². The summed E-state index contributed by atoms with van der Waals surface area (Å²) in [7, 11) is 2.13. The lowest BCUT2D eigenvalue weighted by molar-refractivity contribution is 0.357. The molecule has 0 aliphatic heterocycles. The third-order valence-electron chi connectivity index (χ3n) is 5.94. The Kier molecular flexibility index (Phi) is 8.95. The number of hydrogen-bond acceptors (Lipinski definition) is 9. The van der Waals surface area contributed by atoms with Gasteiger partial charge >= 0.3 is 0 Å². The molecular weight excluding hydrogens is 546 g/mol. The molecule has 1 aromatic heterocycles. The summed E-state index contributed by atoms with van der Waals surface area (Å²) in [4.78, 5) is 0. The maximum atomic E-state index is 13.8. The Labute approximate surface area is 232 Å². The van der Waals surface area contributed by atoms with Crippen LogP contribution in [0.4, 0.5) is 0 Å². The van der Waals surface area contributed by atoms with Crippen LogP contribution in [-0.4, -0.2) is 51.4 Å². The number of halogens is 1. The summed E-state index contributed by atoms with van der Waals surface area (Å²) < 4.78 is 56.2. The minimum Gasteiger partial charge on any atom is -0.497 e. The first kappa shape index (κ1) is 28.2. The van der Waals surface area contributed by atoms with E-state index in [2.05, 4.69) is 10.2 Å². The molecule has 0 aliphatic carbocycles. The normalized spacial score (nSPS) is 11.4. The van der Waals surface area contributed by atoms with Crippen molar-refractivity contribution >= 4 is 21.6 Å². The van der Waals surface area contributed by atoms with Crippen molar-refractivity contribution in [2.24, 2.45) is 0 Å². The molecule has 10 nitrogen and oxygen atoms in total. The summed E-state index contributed by atoms with van der Waals surface area (Å²) in [6.07, 6.45) is 0. The van der Waals surface area contributed by atoms with E-state index in [-0.39, 0.29) is 24.9 Å². The fourth-order valence-corrected chi connectivity index (χ4v) is 5.27. The topological polar surface area (TPSA) is 113 Å². The maximum Gasteiger partial charge on any atom is 0.247 e. The van der Waals surface area contributed by atoms with Gasteiger partial charge in [-0.05, 0) is 36.4 Å². The van der Waals surface area contributed by atoms with E-state index in [9.17, 15) is 8.42 Å². The summed E-state index contributed by atoms with van der Waals surface area (Å²) in [6.45, 7) is 0.00568. The summed E-state index contributed by atoms with van der Waals surface area (Å²) in [5, 5.41) is 8.54. The Morgan fingerprint density at radius 2 is 1.31 bits per heavy atom. The van der Waals surface area contributed by atoms with E-state index < -0.39 is 15.8 Å². The third-order valence-corrected chi connectivity index (χ3v) is 7.85. The summed E-state index contributed by atoms with van der Waals surface area (Å²) in [5.41, 5.74) is 1.90. The minimum absolute atomic E-state index is 0.00284. The van der Waals surface area contributed by atoms with Crippen LogP contribution in [0.5, 0.6) is 23.0 Å². The summed E-state index contributed by atoms with van der Waals surface area (Å²) in [5.74, 6) is 1.78. The van der Waals surface area contributed by atoms with Gasteiger partial charge in [-0.15, -0.1) is 10.2 Å². The zero-order valence-electron chi connectivity index (χ0n) is 21.9. The van der Waals surface area contributed by atoms with Crippen LogP contribution < -0.4 is 18.9 Å². The zero-order chi connectivity index (χ0) is 28.0. The number of rotatable bonds is 12. The van der Waals surface area contributed by atoms with E-state index in [1.807, 2.05) is 0 Å². The van der Waals surface area contributed by atoms with Gasteiger partial charge in [0.05, 0.1) is 28.4 Å². The van der Waals surface area contributed by atoms with Crippen molar-refractivity contribution in [3.63, 3.8) is 0 Å². The molecule has 3 aromatic carbocycles. The van der Waals surface area contributed by atoms with Gasteiger partial charge in [-0.25, -0.2) is 8.42 Å². The first-order valence-electron chi connectivity index (χ1n) is 11.7. The fraction of sp³-hybridized carbons (Fsp3) is 0.259. The van der Waals surface area contributed by atoms with Gasteiger partial charge in [0.2, 0.25) is 21.8 Å². The standard InChI is InChI=1S/C27H28ClN3O7S/c1-34-22-11-7-19(24(13-22)36-3)15-31(16-20-8-12-23(35-2)14-25(20)37-4)39(32,33)17-26-29-30-27(38-26)18-5-9-21(28)10-6-18/h5-14H,15-17H2,1-4H3. The van der Waals surface area contributed by atoms with Crippen LogP contribution >= 0.6 is 11.6 Å². The smallest absolute Gasteiger partial charge is 0.247 e. The van der Waals surface area contributed by atoms with E-state index in [1.165, 1.54) is 18.5 Å². The van der Waals surface area contributed by atoms with Crippen LogP contribution in [-0.2, 0) is 28.9 Å². The van der Waals surface area contributed by atoms with E-state index >= 15 is 0 Å². The number of benzene rings is 3. The van der Waals surface area contributed by atoms with E-state index in [1.54, 1.807) is 74.9 Å². The Balaban J connectivity index is 1.67. The molecule has 0 unspecified atom stereocenters. The first-order valence-corrected chi connectivity index (χ1v) is 13.7. The van der Waals surface area contributed by atoms with Crippen molar-refractivity contribution < 1.29 is 31.8 Å². The summed E-state index contributed by atoms with van der Waals surface area (Å²) in [6, 6.07) is 17.2. The lowest BCUT2D eigenvalue weighted by atomic mass is 10.1. The number of methoxy groups -OCH3 is 4. The second-order valence-corrected chi connectivity index (χ2v) is 10.8. The number of aromatic nitrogens is 2. The number of ether oxygens (including phenoxy) is 4. The monoisotopic (exact) mass is 573 g/mol. The molecule has 39 heavy (non-hydrogen) atoms. The largest absolute Gasteiger partial charge is 0.497 e. The highest BCUT2D eigenvalue weighted by atomic mass is 35.5. The molecule has 0 radical (unpaired) electrons. The van der Waals surface area contributed by atoms with Crippen molar-refractivity contribution in [1.82, 2.24) is 14.5 Å². The zero-order valence-corrected chi connectivity index (χ0v) is 23.5. The summed E-state index contributed by atoms with van der Waals surface area (Å²) >= 11 is 5.95. The Bertz CT molecular complexity index is 1470. The van der Waals surface area contributed by atoms with Crippen LogP contribution in [0.2, 0.25) is 5.02 Å². The van der Waals surface area contributed by atoms with Crippen LogP contribution in [0.25, 0.3) is 11.5 Å². The van der Waals surface area contributed by atoms with Crippen LogP contribution in [0, 0.1) is 0 Å². The highest BCUT2D eigenvalue weighted by molar-refractivity contribution is 7.88. The van der Waals surface area contributed by atoms with Crippen molar-refractivity contribution in [3.8, 4) is 34.5 Å². The average Bonchev–Trinajstić information content (AvgIpc) is 3.40. The Hall–Kier alpha value is -3.80. The van der Waals surface area contributed by atoms with Crippen molar-refractivity contribution in [2.75, 3.05) is 28.4 Å². The van der Waals surface area contributed by atoms with E-state index in [4.69, 9.17) is 35.0 Å². The number of sulfonamides is 1. The molecule has 0 fully saturated rings. The second kappa shape index (κ2) is 12.4. The van der Waals surface area contributed by atoms with Crippen molar-refractivity contribution in [3.05, 3.63) is 82.7 Å². The highest BCUT2D eigenvalue weighted by Gasteiger charge is 2.28. The van der Waals surface area contributed by atoms with Gasteiger partial charge in [0, 0.05) is 46.9 Å². The van der Waals surface area contributed by atoms with Crippen LogP contribution in [0.3, 0.4) is 0 Å². The molecule has 0 amide bonds.